The molecule has 186 valence electrons. The maximum atomic E-state index is 13.1. The average Bonchev–Trinajstić information content (AvgIpc) is 3.19. The van der Waals surface area contributed by atoms with E-state index in [0.29, 0.717) is 18.7 Å². The third-order valence-electron chi connectivity index (χ3n) is 4.80. The molecule has 1 N–H and O–H groups in total. The Morgan fingerprint density at radius 3 is 2.59 bits per heavy atom. The van der Waals surface area contributed by atoms with Gasteiger partial charge in [-0.1, -0.05) is 11.3 Å². The van der Waals surface area contributed by atoms with E-state index in [1.54, 1.807) is 24.6 Å². The molecular formula is C20H24F3N5O4S2. The van der Waals surface area contributed by atoms with E-state index < -0.39 is 21.5 Å². The van der Waals surface area contributed by atoms with Gasteiger partial charge in [0.15, 0.2) is 5.01 Å². The highest BCUT2D eigenvalue weighted by molar-refractivity contribution is 7.93. The molecule has 0 saturated carbocycles. The number of aromatic nitrogens is 2. The van der Waals surface area contributed by atoms with Crippen LogP contribution in [0.25, 0.3) is 0 Å². The lowest BCUT2D eigenvalue weighted by Crippen LogP contribution is -2.35. The number of halogens is 3. The van der Waals surface area contributed by atoms with Crippen molar-refractivity contribution in [3.63, 3.8) is 0 Å². The van der Waals surface area contributed by atoms with E-state index in [-0.39, 0.29) is 33.5 Å². The fourth-order valence-corrected chi connectivity index (χ4v) is 4.50. The number of sulfonamides is 1. The lowest BCUT2D eigenvalue weighted by Gasteiger charge is -2.35. The summed E-state index contributed by atoms with van der Waals surface area (Å²) in [6, 6.07) is 2.99. The fourth-order valence-electron chi connectivity index (χ4n) is 3.33. The number of esters is 1. The van der Waals surface area contributed by atoms with Crippen molar-refractivity contribution in [1.82, 2.24) is 10.2 Å². The van der Waals surface area contributed by atoms with Crippen LogP contribution in [0.15, 0.2) is 17.1 Å². The standard InChI is InChI=1S/C20H24F3N5O4S2/c1-11(2)28-7-5-6-13-8-14(15(9-16(13)28)27-34(30,31)20(21,22)23)24-10-17-25-26-18(33-17)19(29)32-12(3)4/h8-12,27H,5-7H2,1-4H3. The summed E-state index contributed by atoms with van der Waals surface area (Å²) in [4.78, 5) is 18.1. The summed E-state index contributed by atoms with van der Waals surface area (Å²) < 4.78 is 69.5. The number of carbonyl (C=O) groups excluding carboxylic acids is 1. The number of nitrogens with zero attached hydrogens (tertiary/aromatic N) is 4. The van der Waals surface area contributed by atoms with Crippen molar-refractivity contribution >= 4 is 50.6 Å². The molecule has 2 aromatic rings. The zero-order valence-electron chi connectivity index (χ0n) is 18.9. The Balaban J connectivity index is 2.00. The van der Waals surface area contributed by atoms with Gasteiger partial charge in [-0.05, 0) is 58.2 Å². The van der Waals surface area contributed by atoms with Crippen LogP contribution in [0.4, 0.5) is 30.2 Å². The molecule has 1 aliphatic heterocycles. The first-order valence-electron chi connectivity index (χ1n) is 10.4. The van der Waals surface area contributed by atoms with Gasteiger partial charge in [0, 0.05) is 18.3 Å². The highest BCUT2D eigenvalue weighted by atomic mass is 32.2. The zero-order chi connectivity index (χ0) is 25.3. The Hall–Kier alpha value is -2.74. The molecule has 0 unspecified atom stereocenters. The van der Waals surface area contributed by atoms with E-state index in [4.69, 9.17) is 4.74 Å². The molecular weight excluding hydrogens is 495 g/mol. The number of nitrogens with one attached hydrogen (secondary N) is 1. The van der Waals surface area contributed by atoms with E-state index in [1.807, 2.05) is 18.7 Å². The van der Waals surface area contributed by atoms with Crippen molar-refractivity contribution < 1.29 is 31.1 Å². The zero-order valence-corrected chi connectivity index (χ0v) is 20.5. The Labute approximate surface area is 199 Å². The van der Waals surface area contributed by atoms with Crippen LogP contribution in [0.1, 0.15) is 54.5 Å². The molecule has 2 heterocycles. The van der Waals surface area contributed by atoms with E-state index in [1.165, 1.54) is 12.3 Å². The summed E-state index contributed by atoms with van der Waals surface area (Å²) in [5.41, 5.74) is -4.34. The van der Waals surface area contributed by atoms with E-state index in [2.05, 4.69) is 15.2 Å². The second kappa shape index (κ2) is 9.86. The van der Waals surface area contributed by atoms with Crippen molar-refractivity contribution in [3.05, 3.63) is 27.7 Å². The molecule has 1 aliphatic rings. The highest BCUT2D eigenvalue weighted by Crippen LogP contribution is 2.39. The van der Waals surface area contributed by atoms with E-state index in [9.17, 15) is 26.4 Å². The van der Waals surface area contributed by atoms with Gasteiger partial charge in [0.1, 0.15) is 0 Å². The Morgan fingerprint density at radius 2 is 1.97 bits per heavy atom. The number of anilines is 2. The molecule has 0 spiro atoms. The summed E-state index contributed by atoms with van der Waals surface area (Å²) in [5.74, 6) is -0.659. The van der Waals surface area contributed by atoms with Gasteiger partial charge in [-0.15, -0.1) is 10.2 Å². The van der Waals surface area contributed by atoms with Crippen LogP contribution in [0.2, 0.25) is 0 Å². The first-order valence-corrected chi connectivity index (χ1v) is 12.7. The average molecular weight is 520 g/mol. The number of hydrogen-bond acceptors (Lipinski definition) is 9. The smallest absolute Gasteiger partial charge is 0.458 e. The van der Waals surface area contributed by atoms with Crippen molar-refractivity contribution in [2.75, 3.05) is 16.2 Å². The van der Waals surface area contributed by atoms with Crippen LogP contribution in [0, 0.1) is 0 Å². The van der Waals surface area contributed by atoms with Gasteiger partial charge in [0.05, 0.1) is 23.7 Å². The molecule has 0 bridgehead atoms. The van der Waals surface area contributed by atoms with Gasteiger partial charge in [0.25, 0.3) is 0 Å². The second-order valence-electron chi connectivity index (χ2n) is 8.10. The van der Waals surface area contributed by atoms with Gasteiger partial charge in [-0.3, -0.25) is 9.71 Å². The largest absolute Gasteiger partial charge is 0.516 e. The van der Waals surface area contributed by atoms with Gasteiger partial charge >= 0.3 is 21.5 Å². The number of carbonyl (C=O) groups is 1. The minimum Gasteiger partial charge on any atom is -0.458 e. The summed E-state index contributed by atoms with van der Waals surface area (Å²) >= 11 is 0.886. The third-order valence-corrected chi connectivity index (χ3v) is 6.73. The molecule has 9 nitrogen and oxygen atoms in total. The first kappa shape index (κ1) is 25.9. The lowest BCUT2D eigenvalue weighted by molar-refractivity contribution is -0.0429. The number of aryl methyl sites for hydroxylation is 1. The summed E-state index contributed by atoms with van der Waals surface area (Å²) in [6.45, 7) is 7.94. The predicted octanol–water partition coefficient (Wildman–Crippen LogP) is 4.28. The van der Waals surface area contributed by atoms with E-state index in [0.717, 1.165) is 23.3 Å². The number of benzene rings is 1. The Kier molecular flexibility index (Phi) is 7.50. The highest BCUT2D eigenvalue weighted by Gasteiger charge is 2.46. The Morgan fingerprint density at radius 1 is 1.26 bits per heavy atom. The molecule has 14 heteroatoms. The van der Waals surface area contributed by atoms with Crippen LogP contribution < -0.4 is 9.62 Å². The maximum absolute atomic E-state index is 13.1. The normalized spacial score (nSPS) is 14.7. The predicted molar refractivity (Wildman–Crippen MR) is 124 cm³/mol. The van der Waals surface area contributed by atoms with Gasteiger partial charge in [-0.2, -0.15) is 21.6 Å². The van der Waals surface area contributed by atoms with Gasteiger partial charge < -0.3 is 9.64 Å². The molecule has 0 amide bonds. The molecule has 0 radical (unpaired) electrons. The topological polar surface area (TPSA) is 114 Å². The molecule has 1 aromatic carbocycles. The molecule has 3 rings (SSSR count). The summed E-state index contributed by atoms with van der Waals surface area (Å²) in [6.07, 6.45) is 2.36. The maximum Gasteiger partial charge on any atom is 0.516 e. The van der Waals surface area contributed by atoms with E-state index >= 15 is 0 Å². The summed E-state index contributed by atoms with van der Waals surface area (Å²) in [5, 5.41) is 7.74. The van der Waals surface area contributed by atoms with Crippen LogP contribution in [0.3, 0.4) is 0 Å². The van der Waals surface area contributed by atoms with Crippen LogP contribution in [-0.4, -0.2) is 55.0 Å². The lowest BCUT2D eigenvalue weighted by atomic mass is 9.99. The van der Waals surface area contributed by atoms with Crippen LogP contribution in [0.5, 0.6) is 0 Å². The minimum absolute atomic E-state index is 0.00818. The second-order valence-corrected chi connectivity index (χ2v) is 10.8. The quantitative estimate of drug-likeness (QED) is 0.429. The molecule has 0 aliphatic carbocycles. The number of hydrogen-bond donors (Lipinski definition) is 1. The number of fused-ring (bicyclic) bond motifs is 1. The fraction of sp³-hybridized carbons (Fsp3) is 0.500. The summed E-state index contributed by atoms with van der Waals surface area (Å²) in [7, 11) is -5.67. The molecule has 0 atom stereocenters. The number of aliphatic imine (C=N–C) groups is 1. The third kappa shape index (κ3) is 5.84. The SMILES string of the molecule is CC(C)OC(=O)c1nnc(C=Nc2cc3c(cc2NS(=O)(=O)C(F)(F)F)N(C(C)C)CCC3)s1. The monoisotopic (exact) mass is 519 g/mol. The van der Waals surface area contributed by atoms with Gasteiger partial charge in [-0.25, -0.2) is 4.79 Å². The Bertz CT molecular complexity index is 1190. The van der Waals surface area contributed by atoms with Crippen molar-refractivity contribution in [3.8, 4) is 0 Å². The molecule has 0 fully saturated rings. The number of ether oxygens (including phenoxy) is 1. The number of alkyl halides is 3. The molecule has 1 aromatic heterocycles. The van der Waals surface area contributed by atoms with Crippen molar-refractivity contribution in [2.24, 2.45) is 4.99 Å². The van der Waals surface area contributed by atoms with Crippen LogP contribution >= 0.6 is 11.3 Å². The molecule has 34 heavy (non-hydrogen) atoms. The number of rotatable bonds is 7. The molecule has 0 saturated heterocycles. The van der Waals surface area contributed by atoms with Crippen molar-refractivity contribution in [2.45, 2.75) is 58.2 Å². The van der Waals surface area contributed by atoms with Crippen molar-refractivity contribution in [1.29, 1.82) is 0 Å². The first-order chi connectivity index (χ1) is 15.8. The van der Waals surface area contributed by atoms with Crippen LogP contribution in [-0.2, 0) is 21.2 Å². The minimum atomic E-state index is -5.67. The van der Waals surface area contributed by atoms with Gasteiger partial charge in [0.2, 0.25) is 5.01 Å².